The Morgan fingerprint density at radius 3 is 2.88 bits per heavy atom. The first-order valence-electron chi connectivity index (χ1n) is 5.29. The minimum absolute atomic E-state index is 0.0724. The molecule has 0 fully saturated rings. The van der Waals surface area contributed by atoms with E-state index in [1.165, 1.54) is 0 Å². The highest BCUT2D eigenvalue weighted by Gasteiger charge is 2.01. The molecule has 3 N–H and O–H groups in total. The van der Waals surface area contributed by atoms with Gasteiger partial charge in [-0.1, -0.05) is 37.3 Å². The number of hydrogen-bond acceptors (Lipinski definition) is 2. The second kappa shape index (κ2) is 6.23. The van der Waals surface area contributed by atoms with Gasteiger partial charge in [-0.25, -0.2) is 0 Å². The van der Waals surface area contributed by atoms with Gasteiger partial charge < -0.3 is 11.1 Å². The van der Waals surface area contributed by atoms with Crippen LogP contribution in [-0.2, 0) is 11.3 Å². The molecule has 1 rings (SSSR count). The van der Waals surface area contributed by atoms with Crippen LogP contribution in [0.1, 0.15) is 30.9 Å². The normalized spacial score (nSPS) is 9.81. The summed E-state index contributed by atoms with van der Waals surface area (Å²) in [4.78, 5) is 11.7. The van der Waals surface area contributed by atoms with E-state index in [-0.39, 0.29) is 5.91 Å². The van der Waals surface area contributed by atoms with Crippen molar-refractivity contribution in [2.24, 2.45) is 5.73 Å². The van der Waals surface area contributed by atoms with Crippen LogP contribution in [0.3, 0.4) is 0 Å². The molecule has 0 radical (unpaired) electrons. The Hall–Kier alpha value is -1.42. The molecule has 0 spiro atoms. The molecule has 0 aliphatic carbocycles. The molecule has 1 aromatic rings. The van der Waals surface area contributed by atoms with Crippen LogP contribution in [0.25, 0.3) is 0 Å². The van der Waals surface area contributed by atoms with Crippen molar-refractivity contribution in [2.45, 2.75) is 26.3 Å². The Kier molecular flexibility index (Phi) is 4.92. The molecule has 0 aromatic heterocycles. The Balaban J connectivity index is 2.57. The number of hydrogen-bond donors (Lipinski definition) is 2. The van der Waals surface area contributed by atoms with Gasteiger partial charge in [-0.3, -0.25) is 4.79 Å². The third kappa shape index (κ3) is 3.98. The lowest BCUT2D eigenvalue weighted by Crippen LogP contribution is -2.22. The number of amides is 1. The highest BCUT2D eigenvalue weighted by Crippen LogP contribution is 2.05. The Morgan fingerprint density at radius 2 is 2.25 bits per heavy atom. The zero-order chi connectivity index (χ0) is 12.0. The van der Waals surface area contributed by atoms with Crippen molar-refractivity contribution >= 4 is 23.1 Å². The lowest BCUT2D eigenvalue weighted by Gasteiger charge is -2.06. The number of carbonyl (C=O) groups is 1. The predicted octanol–water partition coefficient (Wildman–Crippen LogP) is 1.74. The van der Waals surface area contributed by atoms with Crippen LogP contribution in [0.4, 0.5) is 0 Å². The SMILES string of the molecule is CCCC(=O)NCc1cccc(C(N)=S)c1. The van der Waals surface area contributed by atoms with Crippen LogP contribution in [0.15, 0.2) is 24.3 Å². The lowest BCUT2D eigenvalue weighted by atomic mass is 10.1. The van der Waals surface area contributed by atoms with Gasteiger partial charge in [-0.2, -0.15) is 0 Å². The third-order valence-electron chi connectivity index (χ3n) is 2.18. The van der Waals surface area contributed by atoms with Gasteiger partial charge in [-0.05, 0) is 18.1 Å². The number of thiocarbonyl (C=S) groups is 1. The number of nitrogens with two attached hydrogens (primary N) is 1. The van der Waals surface area contributed by atoms with E-state index < -0.39 is 0 Å². The van der Waals surface area contributed by atoms with Crippen molar-refractivity contribution in [1.82, 2.24) is 5.32 Å². The first kappa shape index (κ1) is 12.6. The van der Waals surface area contributed by atoms with Crippen molar-refractivity contribution in [3.8, 4) is 0 Å². The fraction of sp³-hybridized carbons (Fsp3) is 0.333. The first-order chi connectivity index (χ1) is 7.63. The van der Waals surface area contributed by atoms with Gasteiger partial charge in [-0.15, -0.1) is 0 Å². The molecule has 0 bridgehead atoms. The average Bonchev–Trinajstić information content (AvgIpc) is 2.27. The molecule has 4 heteroatoms. The molecule has 0 atom stereocenters. The second-order valence-electron chi connectivity index (χ2n) is 3.59. The van der Waals surface area contributed by atoms with Gasteiger partial charge in [0.15, 0.2) is 0 Å². The molecule has 86 valence electrons. The van der Waals surface area contributed by atoms with Crippen LogP contribution in [0.2, 0.25) is 0 Å². The summed E-state index contributed by atoms with van der Waals surface area (Å²) in [6.45, 7) is 2.50. The van der Waals surface area contributed by atoms with Gasteiger partial charge in [0, 0.05) is 18.5 Å². The van der Waals surface area contributed by atoms with E-state index in [1.807, 2.05) is 31.2 Å². The van der Waals surface area contributed by atoms with Gasteiger partial charge >= 0.3 is 0 Å². The third-order valence-corrected chi connectivity index (χ3v) is 2.41. The lowest BCUT2D eigenvalue weighted by molar-refractivity contribution is -0.121. The molecule has 0 saturated heterocycles. The number of benzene rings is 1. The van der Waals surface area contributed by atoms with E-state index in [4.69, 9.17) is 18.0 Å². The van der Waals surface area contributed by atoms with E-state index >= 15 is 0 Å². The van der Waals surface area contributed by atoms with Crippen LogP contribution in [0.5, 0.6) is 0 Å². The minimum atomic E-state index is 0.0724. The smallest absolute Gasteiger partial charge is 0.220 e. The zero-order valence-electron chi connectivity index (χ0n) is 9.32. The largest absolute Gasteiger partial charge is 0.389 e. The Morgan fingerprint density at radius 1 is 1.50 bits per heavy atom. The van der Waals surface area contributed by atoms with Gasteiger partial charge in [0.25, 0.3) is 0 Å². The monoisotopic (exact) mass is 236 g/mol. The molecule has 0 aliphatic rings. The molecule has 3 nitrogen and oxygen atoms in total. The van der Waals surface area contributed by atoms with E-state index in [9.17, 15) is 4.79 Å². The quantitative estimate of drug-likeness (QED) is 0.766. The van der Waals surface area contributed by atoms with Crippen molar-refractivity contribution in [3.63, 3.8) is 0 Å². The number of rotatable bonds is 5. The molecule has 0 saturated carbocycles. The topological polar surface area (TPSA) is 55.1 Å². The van der Waals surface area contributed by atoms with E-state index in [0.29, 0.717) is 18.0 Å². The van der Waals surface area contributed by atoms with Crippen LogP contribution < -0.4 is 11.1 Å². The van der Waals surface area contributed by atoms with Crippen molar-refractivity contribution < 1.29 is 4.79 Å². The van der Waals surface area contributed by atoms with Gasteiger partial charge in [0.2, 0.25) is 5.91 Å². The van der Waals surface area contributed by atoms with E-state index in [2.05, 4.69) is 5.32 Å². The highest BCUT2D eigenvalue weighted by atomic mass is 32.1. The summed E-state index contributed by atoms with van der Waals surface area (Å²) in [5.74, 6) is 0.0724. The highest BCUT2D eigenvalue weighted by molar-refractivity contribution is 7.80. The van der Waals surface area contributed by atoms with Crippen LogP contribution >= 0.6 is 12.2 Å². The summed E-state index contributed by atoms with van der Waals surface area (Å²) in [6.07, 6.45) is 1.42. The summed E-state index contributed by atoms with van der Waals surface area (Å²) >= 11 is 4.89. The molecule has 1 amide bonds. The molecular weight excluding hydrogens is 220 g/mol. The van der Waals surface area contributed by atoms with Gasteiger partial charge in [0.1, 0.15) is 4.99 Å². The second-order valence-corrected chi connectivity index (χ2v) is 4.03. The minimum Gasteiger partial charge on any atom is -0.389 e. The zero-order valence-corrected chi connectivity index (χ0v) is 10.1. The number of carbonyl (C=O) groups excluding carboxylic acids is 1. The summed E-state index contributed by atoms with van der Waals surface area (Å²) in [5, 5.41) is 2.84. The summed E-state index contributed by atoms with van der Waals surface area (Å²) in [6, 6.07) is 7.58. The van der Waals surface area contributed by atoms with Crippen molar-refractivity contribution in [1.29, 1.82) is 0 Å². The number of nitrogens with one attached hydrogen (secondary N) is 1. The molecule has 1 aromatic carbocycles. The maximum absolute atomic E-state index is 11.3. The summed E-state index contributed by atoms with van der Waals surface area (Å²) < 4.78 is 0. The fourth-order valence-corrected chi connectivity index (χ4v) is 1.48. The summed E-state index contributed by atoms with van der Waals surface area (Å²) in [7, 11) is 0. The molecule has 0 aliphatic heterocycles. The van der Waals surface area contributed by atoms with Crippen molar-refractivity contribution in [2.75, 3.05) is 0 Å². The molecule has 16 heavy (non-hydrogen) atoms. The average molecular weight is 236 g/mol. The summed E-state index contributed by atoms with van der Waals surface area (Å²) in [5.41, 5.74) is 7.37. The molecule has 0 heterocycles. The predicted molar refractivity (Wildman–Crippen MR) is 69.1 cm³/mol. The standard InChI is InChI=1S/C12H16N2OS/c1-2-4-11(15)14-8-9-5-3-6-10(7-9)12(13)16/h3,5-7H,2,4,8H2,1H3,(H2,13,16)(H,14,15). The fourth-order valence-electron chi connectivity index (χ4n) is 1.35. The van der Waals surface area contributed by atoms with Gasteiger partial charge in [0.05, 0.1) is 0 Å². The molecule has 0 unspecified atom stereocenters. The maximum atomic E-state index is 11.3. The Labute approximate surface area is 101 Å². The Bertz CT molecular complexity index is 390. The first-order valence-corrected chi connectivity index (χ1v) is 5.69. The molecular formula is C12H16N2OS. The van der Waals surface area contributed by atoms with E-state index in [0.717, 1.165) is 17.5 Å². The maximum Gasteiger partial charge on any atom is 0.220 e. The van der Waals surface area contributed by atoms with Crippen LogP contribution in [-0.4, -0.2) is 10.9 Å². The van der Waals surface area contributed by atoms with Crippen molar-refractivity contribution in [3.05, 3.63) is 35.4 Å². The van der Waals surface area contributed by atoms with Crippen LogP contribution in [0, 0.1) is 0 Å². The van der Waals surface area contributed by atoms with E-state index in [1.54, 1.807) is 0 Å².